The lowest BCUT2D eigenvalue weighted by Gasteiger charge is -2.12. The van der Waals surface area contributed by atoms with Crippen LogP contribution in [0.3, 0.4) is 0 Å². The molecule has 0 saturated carbocycles. The highest BCUT2D eigenvalue weighted by Gasteiger charge is 2.12. The number of nitrogens with zero attached hydrogens (tertiary/aromatic N) is 3. The van der Waals surface area contributed by atoms with Gasteiger partial charge in [-0.1, -0.05) is 12.1 Å². The molecular formula is C20H19F3N4O. The minimum atomic E-state index is -1.50. The molecule has 146 valence electrons. The SMILES string of the molecule is CN(C)c1ccc(CC(=O)Nc2ccn(Cc3cc(F)c(F)c(F)c3)n2)cc1. The number of rotatable bonds is 6. The summed E-state index contributed by atoms with van der Waals surface area (Å²) in [5.41, 5.74) is 2.12. The van der Waals surface area contributed by atoms with E-state index < -0.39 is 17.5 Å². The molecule has 28 heavy (non-hydrogen) atoms. The second-order valence-corrected chi connectivity index (χ2v) is 6.56. The normalized spacial score (nSPS) is 10.8. The standard InChI is InChI=1S/C20H19F3N4O/c1-26(2)15-5-3-13(4-6-15)11-19(28)24-18-7-8-27(25-18)12-14-9-16(21)20(23)17(22)10-14/h3-10H,11-12H2,1-2H3,(H,24,25,28). The summed E-state index contributed by atoms with van der Waals surface area (Å²) in [7, 11) is 3.87. The molecule has 0 spiro atoms. The second-order valence-electron chi connectivity index (χ2n) is 6.56. The lowest BCUT2D eigenvalue weighted by molar-refractivity contribution is -0.115. The molecule has 0 fully saturated rings. The Morgan fingerprint density at radius 1 is 1.04 bits per heavy atom. The summed E-state index contributed by atoms with van der Waals surface area (Å²) in [6, 6.07) is 11.0. The Kier molecular flexibility index (Phi) is 5.67. The predicted octanol–water partition coefficient (Wildman–Crippen LogP) is 3.60. The molecule has 0 radical (unpaired) electrons. The second kappa shape index (κ2) is 8.16. The van der Waals surface area contributed by atoms with Crippen LogP contribution >= 0.6 is 0 Å². The highest BCUT2D eigenvalue weighted by atomic mass is 19.2. The van der Waals surface area contributed by atoms with Crippen LogP contribution < -0.4 is 10.2 Å². The molecule has 0 atom stereocenters. The third-order valence-electron chi connectivity index (χ3n) is 4.11. The van der Waals surface area contributed by atoms with Crippen molar-refractivity contribution in [1.29, 1.82) is 0 Å². The first-order valence-electron chi connectivity index (χ1n) is 8.55. The van der Waals surface area contributed by atoms with Crippen molar-refractivity contribution in [3.63, 3.8) is 0 Å². The highest BCUT2D eigenvalue weighted by molar-refractivity contribution is 5.91. The fourth-order valence-electron chi connectivity index (χ4n) is 2.69. The van der Waals surface area contributed by atoms with Crippen molar-refractivity contribution in [2.45, 2.75) is 13.0 Å². The van der Waals surface area contributed by atoms with E-state index in [0.717, 1.165) is 23.4 Å². The zero-order valence-electron chi connectivity index (χ0n) is 15.4. The van der Waals surface area contributed by atoms with Crippen molar-refractivity contribution in [3.05, 3.63) is 77.2 Å². The van der Waals surface area contributed by atoms with Crippen LogP contribution in [-0.2, 0) is 17.8 Å². The zero-order valence-corrected chi connectivity index (χ0v) is 15.4. The van der Waals surface area contributed by atoms with Crippen molar-refractivity contribution in [2.75, 3.05) is 24.3 Å². The van der Waals surface area contributed by atoms with Crippen LogP contribution in [0.15, 0.2) is 48.7 Å². The molecule has 0 aliphatic rings. The van der Waals surface area contributed by atoms with Gasteiger partial charge in [0.05, 0.1) is 13.0 Å². The van der Waals surface area contributed by atoms with E-state index >= 15 is 0 Å². The van der Waals surface area contributed by atoms with Crippen LogP contribution in [0.5, 0.6) is 0 Å². The van der Waals surface area contributed by atoms with E-state index in [-0.39, 0.29) is 24.4 Å². The Labute approximate surface area is 160 Å². The summed E-state index contributed by atoms with van der Waals surface area (Å²) < 4.78 is 41.0. The number of halogens is 3. The van der Waals surface area contributed by atoms with Gasteiger partial charge >= 0.3 is 0 Å². The maximum Gasteiger partial charge on any atom is 0.229 e. The molecule has 0 unspecified atom stereocenters. The molecule has 1 amide bonds. The molecule has 5 nitrogen and oxygen atoms in total. The number of benzene rings is 2. The Bertz CT molecular complexity index is 960. The van der Waals surface area contributed by atoms with Gasteiger partial charge in [0.15, 0.2) is 23.3 Å². The van der Waals surface area contributed by atoms with Gasteiger partial charge < -0.3 is 10.2 Å². The fraction of sp³-hybridized carbons (Fsp3) is 0.200. The Hall–Kier alpha value is -3.29. The number of nitrogens with one attached hydrogen (secondary N) is 1. The molecule has 3 aromatic rings. The van der Waals surface area contributed by atoms with Gasteiger partial charge in [-0.05, 0) is 35.4 Å². The lowest BCUT2D eigenvalue weighted by Crippen LogP contribution is -2.15. The molecule has 8 heteroatoms. The average Bonchev–Trinajstić information content (AvgIpc) is 3.06. The summed E-state index contributed by atoms with van der Waals surface area (Å²) >= 11 is 0. The number of hydrogen-bond acceptors (Lipinski definition) is 3. The van der Waals surface area contributed by atoms with Crippen LogP contribution in [0.1, 0.15) is 11.1 Å². The first-order chi connectivity index (χ1) is 13.3. The van der Waals surface area contributed by atoms with Gasteiger partial charge in [-0.15, -0.1) is 0 Å². The lowest BCUT2D eigenvalue weighted by atomic mass is 10.1. The predicted molar refractivity (Wildman–Crippen MR) is 101 cm³/mol. The van der Waals surface area contributed by atoms with Gasteiger partial charge in [0.2, 0.25) is 5.91 Å². The van der Waals surface area contributed by atoms with Crippen molar-refractivity contribution in [1.82, 2.24) is 9.78 Å². The third kappa shape index (κ3) is 4.70. The fourth-order valence-corrected chi connectivity index (χ4v) is 2.69. The summed E-state index contributed by atoms with van der Waals surface area (Å²) in [6.45, 7) is 0.0377. The maximum absolute atomic E-state index is 13.3. The topological polar surface area (TPSA) is 50.2 Å². The van der Waals surface area contributed by atoms with Crippen LogP contribution in [0.4, 0.5) is 24.7 Å². The van der Waals surface area contributed by atoms with E-state index in [9.17, 15) is 18.0 Å². The van der Waals surface area contributed by atoms with Crippen LogP contribution in [0, 0.1) is 17.5 Å². The minimum Gasteiger partial charge on any atom is -0.378 e. The molecule has 0 saturated heterocycles. The Morgan fingerprint density at radius 2 is 1.68 bits per heavy atom. The quantitative estimate of drug-likeness (QED) is 0.657. The van der Waals surface area contributed by atoms with Crippen molar-refractivity contribution in [3.8, 4) is 0 Å². The van der Waals surface area contributed by atoms with Crippen molar-refractivity contribution < 1.29 is 18.0 Å². The molecule has 1 aromatic heterocycles. The largest absolute Gasteiger partial charge is 0.378 e. The summed E-state index contributed by atoms with van der Waals surface area (Å²) in [4.78, 5) is 14.2. The number of carbonyl (C=O) groups is 1. The Morgan fingerprint density at radius 3 is 2.29 bits per heavy atom. The molecule has 0 aliphatic carbocycles. The van der Waals surface area contributed by atoms with E-state index in [4.69, 9.17) is 0 Å². The number of aromatic nitrogens is 2. The molecular weight excluding hydrogens is 369 g/mol. The van der Waals surface area contributed by atoms with E-state index in [1.807, 2.05) is 43.3 Å². The first-order valence-corrected chi connectivity index (χ1v) is 8.55. The van der Waals surface area contributed by atoms with E-state index in [1.165, 1.54) is 4.68 Å². The summed E-state index contributed by atoms with van der Waals surface area (Å²) in [6.07, 6.45) is 1.75. The number of hydrogen-bond donors (Lipinski definition) is 1. The smallest absolute Gasteiger partial charge is 0.229 e. The number of anilines is 2. The van der Waals surface area contributed by atoms with Crippen LogP contribution in [0.2, 0.25) is 0 Å². The van der Waals surface area contributed by atoms with Gasteiger partial charge in [0, 0.05) is 32.0 Å². The monoisotopic (exact) mass is 388 g/mol. The first kappa shape index (κ1) is 19.5. The van der Waals surface area contributed by atoms with Crippen LogP contribution in [0.25, 0.3) is 0 Å². The van der Waals surface area contributed by atoms with Gasteiger partial charge in [0.25, 0.3) is 0 Å². The maximum atomic E-state index is 13.3. The van der Waals surface area contributed by atoms with Crippen molar-refractivity contribution >= 4 is 17.4 Å². The third-order valence-corrected chi connectivity index (χ3v) is 4.11. The van der Waals surface area contributed by atoms with Gasteiger partial charge in [-0.2, -0.15) is 5.10 Å². The zero-order chi connectivity index (χ0) is 20.3. The van der Waals surface area contributed by atoms with Gasteiger partial charge in [0.1, 0.15) is 0 Å². The number of amides is 1. The van der Waals surface area contributed by atoms with E-state index in [0.29, 0.717) is 5.82 Å². The molecule has 0 aliphatic heterocycles. The molecule has 0 bridgehead atoms. The highest BCUT2D eigenvalue weighted by Crippen LogP contribution is 2.16. The summed E-state index contributed by atoms with van der Waals surface area (Å²) in [5, 5.41) is 6.82. The molecule has 2 aromatic carbocycles. The molecule has 1 N–H and O–H groups in total. The van der Waals surface area contributed by atoms with Crippen molar-refractivity contribution in [2.24, 2.45) is 0 Å². The van der Waals surface area contributed by atoms with Crippen LogP contribution in [-0.4, -0.2) is 29.8 Å². The molecule has 3 rings (SSSR count). The van der Waals surface area contributed by atoms with E-state index in [1.54, 1.807) is 12.3 Å². The number of carbonyl (C=O) groups excluding carboxylic acids is 1. The minimum absolute atomic E-state index is 0.0377. The Balaban J connectivity index is 1.60. The molecule has 1 heterocycles. The summed E-state index contributed by atoms with van der Waals surface area (Å²) in [5.74, 6) is -3.93. The average molecular weight is 388 g/mol. The van der Waals surface area contributed by atoms with Gasteiger partial charge in [-0.3, -0.25) is 9.48 Å². The van der Waals surface area contributed by atoms with E-state index in [2.05, 4.69) is 10.4 Å². The van der Waals surface area contributed by atoms with Gasteiger partial charge in [-0.25, -0.2) is 13.2 Å².